The summed E-state index contributed by atoms with van der Waals surface area (Å²) in [6.45, 7) is 2.53. The summed E-state index contributed by atoms with van der Waals surface area (Å²) in [4.78, 5) is 36.9. The van der Waals surface area contributed by atoms with Gasteiger partial charge in [0.25, 0.3) is 5.91 Å². The maximum absolute atomic E-state index is 11.5. The lowest BCUT2D eigenvalue weighted by Gasteiger charge is -2.03. The molecule has 1 rings (SSSR count). The van der Waals surface area contributed by atoms with Gasteiger partial charge >= 0.3 is 5.97 Å². The Balaban J connectivity index is 2.40. The molecule has 0 aromatic carbocycles. The van der Waals surface area contributed by atoms with Crippen LogP contribution in [0, 0.1) is 0 Å². The number of hydrogen-bond acceptors (Lipinski definition) is 5. The number of nitrogens with one attached hydrogen (secondary N) is 2. The van der Waals surface area contributed by atoms with Crippen molar-refractivity contribution < 1.29 is 19.5 Å². The predicted molar refractivity (Wildman–Crippen MR) is 64.7 cm³/mol. The molecule has 0 spiro atoms. The zero-order chi connectivity index (χ0) is 13.5. The molecule has 2 amide bonds. The van der Waals surface area contributed by atoms with E-state index in [4.69, 9.17) is 5.11 Å². The van der Waals surface area contributed by atoms with Crippen molar-refractivity contribution in [2.24, 2.45) is 0 Å². The number of nitrogens with zero attached hydrogens (tertiary/aromatic N) is 1. The first-order valence-electron chi connectivity index (χ1n) is 5.28. The van der Waals surface area contributed by atoms with Gasteiger partial charge in [-0.2, -0.15) is 0 Å². The molecule has 0 radical (unpaired) electrons. The number of amides is 2. The van der Waals surface area contributed by atoms with Crippen molar-refractivity contribution in [3.63, 3.8) is 0 Å². The number of rotatable bonds is 6. The van der Waals surface area contributed by atoms with Crippen molar-refractivity contribution >= 4 is 29.1 Å². The highest BCUT2D eigenvalue weighted by atomic mass is 32.1. The summed E-state index contributed by atoms with van der Waals surface area (Å²) in [5.74, 6) is -1.80. The van der Waals surface area contributed by atoms with Crippen molar-refractivity contribution in [3.8, 4) is 0 Å². The molecule has 0 atom stereocenters. The van der Waals surface area contributed by atoms with Crippen LogP contribution in [0.4, 0.5) is 0 Å². The SMILES string of the molecule is CCNC(=O)CCNC(=O)c1csc(C(=O)O)n1. The molecule has 0 unspecified atom stereocenters. The van der Waals surface area contributed by atoms with Gasteiger partial charge in [0.1, 0.15) is 5.69 Å². The molecule has 0 bridgehead atoms. The van der Waals surface area contributed by atoms with Crippen molar-refractivity contribution in [2.45, 2.75) is 13.3 Å². The van der Waals surface area contributed by atoms with Crippen molar-refractivity contribution in [3.05, 3.63) is 16.1 Å². The van der Waals surface area contributed by atoms with Gasteiger partial charge in [-0.1, -0.05) is 0 Å². The first-order chi connectivity index (χ1) is 8.54. The standard InChI is InChI=1S/C10H13N3O4S/c1-2-11-7(14)3-4-12-8(15)6-5-18-9(13-6)10(16)17/h5H,2-4H2,1H3,(H,11,14)(H,12,15)(H,16,17). The summed E-state index contributed by atoms with van der Waals surface area (Å²) < 4.78 is 0. The molecular weight excluding hydrogens is 258 g/mol. The van der Waals surface area contributed by atoms with Crippen LogP contribution in [-0.2, 0) is 4.79 Å². The highest BCUT2D eigenvalue weighted by Gasteiger charge is 2.14. The molecule has 1 aromatic heterocycles. The van der Waals surface area contributed by atoms with E-state index in [1.54, 1.807) is 6.92 Å². The van der Waals surface area contributed by atoms with Gasteiger partial charge in [-0.3, -0.25) is 9.59 Å². The van der Waals surface area contributed by atoms with Crippen LogP contribution < -0.4 is 10.6 Å². The lowest BCUT2D eigenvalue weighted by molar-refractivity contribution is -0.120. The monoisotopic (exact) mass is 271 g/mol. The Labute approximate surface area is 107 Å². The van der Waals surface area contributed by atoms with Crippen LogP contribution in [0.3, 0.4) is 0 Å². The van der Waals surface area contributed by atoms with E-state index >= 15 is 0 Å². The van der Waals surface area contributed by atoms with Crippen LogP contribution in [0.25, 0.3) is 0 Å². The normalized spacial score (nSPS) is 9.83. The number of aromatic carboxylic acids is 1. The molecule has 1 aromatic rings. The van der Waals surface area contributed by atoms with Gasteiger partial charge in [-0.15, -0.1) is 11.3 Å². The maximum Gasteiger partial charge on any atom is 0.365 e. The minimum atomic E-state index is -1.17. The molecule has 0 saturated carbocycles. The molecule has 0 aliphatic heterocycles. The first-order valence-corrected chi connectivity index (χ1v) is 6.16. The molecule has 0 saturated heterocycles. The number of carbonyl (C=O) groups is 3. The summed E-state index contributed by atoms with van der Waals surface area (Å²) in [7, 11) is 0. The minimum Gasteiger partial charge on any atom is -0.476 e. The average molecular weight is 271 g/mol. The van der Waals surface area contributed by atoms with Crippen LogP contribution in [0.2, 0.25) is 0 Å². The molecule has 0 fully saturated rings. The van der Waals surface area contributed by atoms with Gasteiger partial charge in [-0.25, -0.2) is 9.78 Å². The lowest BCUT2D eigenvalue weighted by atomic mass is 10.3. The number of thiazole rings is 1. The van der Waals surface area contributed by atoms with Crippen LogP contribution >= 0.6 is 11.3 Å². The molecule has 98 valence electrons. The van der Waals surface area contributed by atoms with Crippen molar-refractivity contribution in [1.82, 2.24) is 15.6 Å². The summed E-state index contributed by atoms with van der Waals surface area (Å²) in [6, 6.07) is 0. The zero-order valence-corrected chi connectivity index (χ0v) is 10.5. The smallest absolute Gasteiger partial charge is 0.365 e. The van der Waals surface area contributed by atoms with Gasteiger partial charge in [0.2, 0.25) is 10.9 Å². The van der Waals surface area contributed by atoms with Crippen LogP contribution in [-0.4, -0.2) is 41.0 Å². The fourth-order valence-corrected chi connectivity index (χ4v) is 1.78. The largest absolute Gasteiger partial charge is 0.476 e. The number of carboxylic acid groups (broad SMARTS) is 1. The highest BCUT2D eigenvalue weighted by Crippen LogP contribution is 2.09. The summed E-state index contributed by atoms with van der Waals surface area (Å²) in [5.41, 5.74) is 0.0494. The predicted octanol–water partition coefficient (Wildman–Crippen LogP) is 0.0973. The van der Waals surface area contributed by atoms with E-state index in [-0.39, 0.29) is 29.6 Å². The van der Waals surface area contributed by atoms with Gasteiger partial charge < -0.3 is 15.7 Å². The van der Waals surface area contributed by atoms with Gasteiger partial charge in [0.05, 0.1) is 0 Å². The van der Waals surface area contributed by atoms with E-state index in [0.29, 0.717) is 6.54 Å². The Hall–Kier alpha value is -1.96. The highest BCUT2D eigenvalue weighted by molar-refractivity contribution is 7.11. The third-order valence-electron chi connectivity index (χ3n) is 1.93. The van der Waals surface area contributed by atoms with E-state index < -0.39 is 11.9 Å². The second-order valence-corrected chi connectivity index (χ2v) is 4.16. The zero-order valence-electron chi connectivity index (χ0n) is 9.73. The molecule has 0 aliphatic rings. The average Bonchev–Trinajstić information content (AvgIpc) is 2.78. The van der Waals surface area contributed by atoms with Gasteiger partial charge in [-0.05, 0) is 6.92 Å². The van der Waals surface area contributed by atoms with E-state index in [0.717, 1.165) is 11.3 Å². The Bertz CT molecular complexity index is 458. The fourth-order valence-electron chi connectivity index (χ4n) is 1.14. The lowest BCUT2D eigenvalue weighted by Crippen LogP contribution is -2.30. The van der Waals surface area contributed by atoms with E-state index in [1.807, 2.05) is 0 Å². The molecule has 0 aliphatic carbocycles. The maximum atomic E-state index is 11.5. The topological polar surface area (TPSA) is 108 Å². The van der Waals surface area contributed by atoms with E-state index in [2.05, 4.69) is 15.6 Å². The molecular formula is C10H13N3O4S. The van der Waals surface area contributed by atoms with Crippen LogP contribution in [0.15, 0.2) is 5.38 Å². The molecule has 7 nitrogen and oxygen atoms in total. The fraction of sp³-hybridized carbons (Fsp3) is 0.400. The van der Waals surface area contributed by atoms with Gasteiger partial charge in [0.15, 0.2) is 0 Å². The second-order valence-electron chi connectivity index (χ2n) is 3.30. The number of hydrogen-bond donors (Lipinski definition) is 3. The molecule has 1 heterocycles. The molecule has 18 heavy (non-hydrogen) atoms. The van der Waals surface area contributed by atoms with Crippen LogP contribution in [0.5, 0.6) is 0 Å². The summed E-state index contributed by atoms with van der Waals surface area (Å²) >= 11 is 0.883. The number of carbonyl (C=O) groups excluding carboxylic acids is 2. The van der Waals surface area contributed by atoms with Crippen molar-refractivity contribution in [1.29, 1.82) is 0 Å². The quantitative estimate of drug-likeness (QED) is 0.680. The van der Waals surface area contributed by atoms with Crippen LogP contribution in [0.1, 0.15) is 33.6 Å². The first kappa shape index (κ1) is 14.1. The number of carboxylic acids is 1. The molecule has 8 heteroatoms. The Morgan fingerprint density at radius 1 is 1.39 bits per heavy atom. The Morgan fingerprint density at radius 3 is 2.67 bits per heavy atom. The third kappa shape index (κ3) is 4.13. The second kappa shape index (κ2) is 6.70. The Morgan fingerprint density at radius 2 is 2.11 bits per heavy atom. The summed E-state index contributed by atoms with van der Waals surface area (Å²) in [5, 5.41) is 15.0. The third-order valence-corrected chi connectivity index (χ3v) is 2.76. The summed E-state index contributed by atoms with van der Waals surface area (Å²) in [6.07, 6.45) is 0.176. The van der Waals surface area contributed by atoms with Crippen molar-refractivity contribution in [2.75, 3.05) is 13.1 Å². The van der Waals surface area contributed by atoms with E-state index in [1.165, 1.54) is 5.38 Å². The number of aromatic nitrogens is 1. The van der Waals surface area contributed by atoms with Gasteiger partial charge in [0, 0.05) is 24.9 Å². The van der Waals surface area contributed by atoms with E-state index in [9.17, 15) is 14.4 Å². The minimum absolute atomic E-state index is 0.0494. The molecule has 3 N–H and O–H groups in total. The Kier molecular flexibility index (Phi) is 5.25.